The van der Waals surface area contributed by atoms with Crippen molar-refractivity contribution in [1.82, 2.24) is 9.80 Å². The van der Waals surface area contributed by atoms with Crippen molar-refractivity contribution in [3.8, 4) is 0 Å². The SMILES string of the molecule is CC(C)([NH3+])C(=O)N1CC(c2cc(F)ccc2F)=CC(c2ccccc2)C1.O=C([O-])C(F)(F)F.O=C([O-])C(F)(F)F.[NH3+]CCC(=O)N1CC(c2cc(F)ccc2F)=CC(c2ccccc2)C1. The molecule has 0 aliphatic carbocycles. The number of quaternary nitrogens is 2. The Morgan fingerprint density at radius 1 is 0.615 bits per heavy atom. The first-order valence-corrected chi connectivity index (χ1v) is 19.4. The number of amides is 2. The van der Waals surface area contributed by atoms with Gasteiger partial charge in [0.15, 0.2) is 5.54 Å². The number of hydrogen-bond donors (Lipinski definition) is 2. The molecule has 0 bridgehead atoms. The standard InChI is InChI=1S/C21H22F2N2O.C20H20F2N2O.2C2HF3O2/c1-21(2,24)20(26)25-12-15(14-6-4-3-5-7-14)10-16(13-25)18-11-17(22)8-9-19(18)23;21-17-6-7-19(22)18(11-17)16-10-15(14-4-2-1-3-5-14)12-24(13-16)20(25)8-9-23;2*3-2(4,5)1(6)7/h3-11,15H,12-13,24H2,1-2H3;1-7,10-11,15H,8-9,12-13,23H2;2*(H,6,7). The van der Waals surface area contributed by atoms with Crippen molar-refractivity contribution in [3.63, 3.8) is 0 Å². The van der Waals surface area contributed by atoms with Gasteiger partial charge in [0.2, 0.25) is 5.91 Å². The van der Waals surface area contributed by atoms with Gasteiger partial charge in [-0.2, -0.15) is 26.3 Å². The highest BCUT2D eigenvalue weighted by atomic mass is 19.4. The highest BCUT2D eigenvalue weighted by molar-refractivity contribution is 5.86. The number of carboxylic acid groups (broad SMARTS) is 2. The Labute approximate surface area is 366 Å². The van der Waals surface area contributed by atoms with Gasteiger partial charge >= 0.3 is 12.4 Å². The van der Waals surface area contributed by atoms with Gasteiger partial charge in [-0.3, -0.25) is 9.59 Å². The maximum absolute atomic E-state index is 14.3. The number of nitrogens with zero attached hydrogens (tertiary/aromatic N) is 2. The van der Waals surface area contributed by atoms with Crippen molar-refractivity contribution in [1.29, 1.82) is 0 Å². The topological polar surface area (TPSA) is 176 Å². The fourth-order valence-electron chi connectivity index (χ4n) is 6.43. The lowest BCUT2D eigenvalue weighted by Crippen LogP contribution is -2.76. The molecule has 6 rings (SSSR count). The molecule has 6 N–H and O–H groups in total. The monoisotopic (exact) mass is 926 g/mol. The molecule has 2 aliphatic rings. The molecule has 2 unspecified atom stereocenters. The van der Waals surface area contributed by atoms with Crippen LogP contribution in [-0.4, -0.2) is 84.2 Å². The molecule has 0 spiro atoms. The number of halogens is 10. The van der Waals surface area contributed by atoms with E-state index >= 15 is 0 Å². The lowest BCUT2D eigenvalue weighted by Gasteiger charge is -2.35. The molecule has 2 atom stereocenters. The molecule has 20 heteroatoms. The third-order valence-corrected chi connectivity index (χ3v) is 9.44. The highest BCUT2D eigenvalue weighted by Gasteiger charge is 2.36. The van der Waals surface area contributed by atoms with Gasteiger partial charge in [-0.25, -0.2) is 17.6 Å². The van der Waals surface area contributed by atoms with Crippen LogP contribution in [0.2, 0.25) is 0 Å². The lowest BCUT2D eigenvalue weighted by molar-refractivity contribution is -0.448. The molecule has 10 nitrogen and oxygen atoms in total. The second kappa shape index (κ2) is 22.9. The molecule has 0 saturated carbocycles. The number of hydrogen-bond acceptors (Lipinski definition) is 6. The van der Waals surface area contributed by atoms with E-state index in [0.717, 1.165) is 35.4 Å². The summed E-state index contributed by atoms with van der Waals surface area (Å²) in [7, 11) is 0. The van der Waals surface area contributed by atoms with Gasteiger partial charge in [0.25, 0.3) is 5.91 Å². The maximum Gasteiger partial charge on any atom is 0.430 e. The summed E-state index contributed by atoms with van der Waals surface area (Å²) in [5.74, 6) is -8.25. The van der Waals surface area contributed by atoms with E-state index in [-0.39, 0.29) is 47.9 Å². The first kappa shape index (κ1) is 52.8. The molecule has 350 valence electrons. The molecule has 0 aromatic heterocycles. The van der Waals surface area contributed by atoms with Crippen molar-refractivity contribution < 1.29 is 84.8 Å². The minimum absolute atomic E-state index is 0.0154. The molecule has 0 saturated heterocycles. The van der Waals surface area contributed by atoms with Gasteiger partial charge < -0.3 is 41.1 Å². The molecule has 4 aromatic carbocycles. The average molecular weight is 927 g/mol. The quantitative estimate of drug-likeness (QED) is 0.263. The summed E-state index contributed by atoms with van der Waals surface area (Å²) in [6.07, 6.45) is -6.16. The van der Waals surface area contributed by atoms with Crippen molar-refractivity contribution in [2.24, 2.45) is 0 Å². The van der Waals surface area contributed by atoms with E-state index in [0.29, 0.717) is 37.2 Å². The Morgan fingerprint density at radius 2 is 0.969 bits per heavy atom. The second-order valence-corrected chi connectivity index (χ2v) is 15.2. The Kier molecular flexibility index (Phi) is 18.6. The van der Waals surface area contributed by atoms with Crippen molar-refractivity contribution in [2.75, 3.05) is 32.7 Å². The number of carbonyl (C=O) groups is 4. The Hall–Kier alpha value is -6.54. The zero-order valence-electron chi connectivity index (χ0n) is 34.8. The van der Waals surface area contributed by atoms with E-state index in [1.807, 2.05) is 72.8 Å². The van der Waals surface area contributed by atoms with Gasteiger partial charge in [0.05, 0.1) is 13.0 Å². The normalized spacial score (nSPS) is 16.2. The predicted molar refractivity (Wildman–Crippen MR) is 212 cm³/mol. The predicted octanol–water partition coefficient (Wildman–Crippen LogP) is 4.20. The molecule has 2 heterocycles. The van der Waals surface area contributed by atoms with Gasteiger partial charge in [-0.1, -0.05) is 72.8 Å². The minimum atomic E-state index is -5.19. The zero-order valence-corrected chi connectivity index (χ0v) is 34.8. The van der Waals surface area contributed by atoms with Crippen molar-refractivity contribution in [2.45, 2.75) is 50.0 Å². The van der Waals surface area contributed by atoms with E-state index in [1.165, 1.54) is 12.1 Å². The first-order chi connectivity index (χ1) is 30.2. The van der Waals surface area contributed by atoms with Gasteiger partial charge in [0, 0.05) is 49.1 Å². The molecule has 2 amide bonds. The minimum Gasteiger partial charge on any atom is -0.542 e. The lowest BCUT2D eigenvalue weighted by atomic mass is 9.88. The summed E-state index contributed by atoms with van der Waals surface area (Å²) in [4.78, 5) is 46.2. The Morgan fingerprint density at radius 3 is 1.31 bits per heavy atom. The van der Waals surface area contributed by atoms with E-state index in [4.69, 9.17) is 19.8 Å². The summed E-state index contributed by atoms with van der Waals surface area (Å²) in [6.45, 7) is 5.56. The summed E-state index contributed by atoms with van der Waals surface area (Å²) in [6, 6.07) is 26.3. The van der Waals surface area contributed by atoms with E-state index in [9.17, 15) is 53.5 Å². The Bertz CT molecular complexity index is 2310. The second-order valence-electron chi connectivity index (χ2n) is 15.2. The summed E-state index contributed by atoms with van der Waals surface area (Å²) in [5.41, 5.74) is 10.6. The van der Waals surface area contributed by atoms with Gasteiger partial charge in [-0.05, 0) is 72.5 Å². The van der Waals surface area contributed by atoms with Crippen LogP contribution in [0.25, 0.3) is 11.1 Å². The van der Waals surface area contributed by atoms with Crippen LogP contribution >= 0.6 is 0 Å². The zero-order chi connectivity index (χ0) is 48.9. The fraction of sp³-hybridized carbons (Fsp3) is 0.289. The third-order valence-electron chi connectivity index (χ3n) is 9.44. The number of benzene rings is 4. The van der Waals surface area contributed by atoms with Crippen LogP contribution in [0.15, 0.2) is 109 Å². The number of aliphatic carboxylic acids is 2. The van der Waals surface area contributed by atoms with Crippen molar-refractivity contribution in [3.05, 3.63) is 155 Å². The van der Waals surface area contributed by atoms with E-state index in [1.54, 1.807) is 23.6 Å². The average Bonchev–Trinajstić information content (AvgIpc) is 3.25. The van der Waals surface area contributed by atoms with Crippen LogP contribution in [0.3, 0.4) is 0 Å². The molecule has 2 aliphatic heterocycles. The van der Waals surface area contributed by atoms with Gasteiger partial charge in [-0.15, -0.1) is 0 Å². The number of alkyl halides is 6. The maximum atomic E-state index is 14.3. The summed E-state index contributed by atoms with van der Waals surface area (Å²) < 4.78 is 119. The molecular formula is C45H44F10N4O6. The van der Waals surface area contributed by atoms with Crippen LogP contribution in [0.4, 0.5) is 43.9 Å². The molecule has 0 radical (unpaired) electrons. The molecule has 65 heavy (non-hydrogen) atoms. The first-order valence-electron chi connectivity index (χ1n) is 19.4. The summed E-state index contributed by atoms with van der Waals surface area (Å²) >= 11 is 0. The van der Waals surface area contributed by atoms with Gasteiger partial charge in [0.1, 0.15) is 35.2 Å². The van der Waals surface area contributed by atoms with Crippen LogP contribution in [0.5, 0.6) is 0 Å². The van der Waals surface area contributed by atoms with Crippen LogP contribution in [0.1, 0.15) is 54.4 Å². The largest absolute Gasteiger partial charge is 0.542 e. The van der Waals surface area contributed by atoms with Crippen molar-refractivity contribution >= 4 is 34.9 Å². The summed E-state index contributed by atoms with van der Waals surface area (Å²) in [5, 5.41) is 17.6. The molecule has 0 fully saturated rings. The van der Waals surface area contributed by atoms with E-state index < -0.39 is 53.1 Å². The van der Waals surface area contributed by atoms with Crippen LogP contribution in [-0.2, 0) is 19.2 Å². The highest BCUT2D eigenvalue weighted by Crippen LogP contribution is 2.33. The van der Waals surface area contributed by atoms with Crippen LogP contribution in [0, 0.1) is 23.3 Å². The number of rotatable bonds is 7. The van der Waals surface area contributed by atoms with Crippen LogP contribution < -0.4 is 21.7 Å². The fourth-order valence-corrected chi connectivity index (χ4v) is 6.43. The number of carbonyl (C=O) groups excluding carboxylic acids is 4. The molecule has 4 aromatic rings. The Balaban J connectivity index is 0.000000268. The third kappa shape index (κ3) is 16.2. The molecular weight excluding hydrogens is 882 g/mol. The number of carboxylic acids is 2. The smallest absolute Gasteiger partial charge is 0.430 e. The van der Waals surface area contributed by atoms with E-state index in [2.05, 4.69) is 11.5 Å².